The number of nitriles is 1. The monoisotopic (exact) mass is 435 g/mol. The summed E-state index contributed by atoms with van der Waals surface area (Å²) < 4.78 is 31.7. The fourth-order valence-corrected chi connectivity index (χ4v) is 2.62. The van der Waals surface area contributed by atoms with Crippen molar-refractivity contribution < 1.29 is 27.9 Å². The van der Waals surface area contributed by atoms with Gasteiger partial charge >= 0.3 is 12.1 Å². The number of nitrogens with zero attached hydrogens (tertiary/aromatic N) is 2. The van der Waals surface area contributed by atoms with Crippen molar-refractivity contribution in [2.75, 3.05) is 12.8 Å². The molecule has 1 amide bonds. The summed E-state index contributed by atoms with van der Waals surface area (Å²) in [5, 5.41) is 17.1. The van der Waals surface area contributed by atoms with Gasteiger partial charge in [-0.1, -0.05) is 18.2 Å². The van der Waals surface area contributed by atoms with Gasteiger partial charge in [0.05, 0.1) is 11.1 Å². The first kappa shape index (κ1) is 23.0. The zero-order valence-corrected chi connectivity index (χ0v) is 15.9. The number of carbonyl (C=O) groups is 2. The molecule has 0 fully saturated rings. The first-order chi connectivity index (χ1) is 14.5. The predicted molar refractivity (Wildman–Crippen MR) is 104 cm³/mol. The number of para-hydroxylation sites is 1. The number of carbonyl (C=O) groups excluding carboxylic acids is 1. The van der Waals surface area contributed by atoms with E-state index in [2.05, 4.69) is 9.97 Å². The van der Waals surface area contributed by atoms with Gasteiger partial charge in [0.25, 0.3) is 11.5 Å². The van der Waals surface area contributed by atoms with Crippen LogP contribution in [0.25, 0.3) is 10.9 Å². The van der Waals surface area contributed by atoms with Gasteiger partial charge in [-0.25, -0.2) is 4.79 Å². The van der Waals surface area contributed by atoms with Crippen molar-refractivity contribution in [3.8, 4) is 6.07 Å². The van der Waals surface area contributed by atoms with E-state index in [1.165, 1.54) is 11.0 Å². The van der Waals surface area contributed by atoms with Crippen LogP contribution in [0.4, 0.5) is 19.0 Å². The number of fused-ring (bicyclic) bond motifs is 1. The third-order valence-electron chi connectivity index (χ3n) is 4.09. The highest BCUT2D eigenvalue weighted by Crippen LogP contribution is 2.19. The van der Waals surface area contributed by atoms with Crippen LogP contribution in [0, 0.1) is 11.3 Å². The summed E-state index contributed by atoms with van der Waals surface area (Å²) in [6.07, 6.45) is -3.24. The van der Waals surface area contributed by atoms with Crippen molar-refractivity contribution in [3.63, 3.8) is 0 Å². The Hall–Kier alpha value is -4.27. The van der Waals surface area contributed by atoms with Crippen molar-refractivity contribution in [2.24, 2.45) is 0 Å². The number of aromatic nitrogens is 2. The molecule has 0 saturated carbocycles. The highest BCUT2D eigenvalue weighted by molar-refractivity contribution is 5.98. The number of amides is 1. The predicted octanol–water partition coefficient (Wildman–Crippen LogP) is 2.22. The quantitative estimate of drug-likeness (QED) is 0.494. The van der Waals surface area contributed by atoms with Crippen LogP contribution in [0.3, 0.4) is 0 Å². The van der Waals surface area contributed by atoms with Crippen LogP contribution in [-0.4, -0.2) is 45.1 Å². The molecule has 0 atom stereocenters. The fourth-order valence-electron chi connectivity index (χ4n) is 2.62. The molecule has 12 heteroatoms. The SMILES string of the molecule is CN(Cc1cccc2cc[nH]c12)C(=O)c1cc(C#N)c(=O)[nH]c1N.O=C(O)C(F)(F)F. The fraction of sp³-hybridized carbons (Fsp3) is 0.158. The molecule has 31 heavy (non-hydrogen) atoms. The molecule has 3 rings (SSSR count). The Kier molecular flexibility index (Phi) is 6.71. The van der Waals surface area contributed by atoms with E-state index in [9.17, 15) is 22.8 Å². The summed E-state index contributed by atoms with van der Waals surface area (Å²) >= 11 is 0. The minimum Gasteiger partial charge on any atom is -0.475 e. The molecule has 9 nitrogen and oxygen atoms in total. The molecule has 0 spiro atoms. The third kappa shape index (κ3) is 5.41. The van der Waals surface area contributed by atoms with Crippen LogP contribution in [0.1, 0.15) is 21.5 Å². The molecule has 162 valence electrons. The average molecular weight is 435 g/mol. The van der Waals surface area contributed by atoms with Crippen molar-refractivity contribution in [1.29, 1.82) is 5.26 Å². The summed E-state index contributed by atoms with van der Waals surface area (Å²) in [5.41, 5.74) is 7.00. The number of hydrogen-bond donors (Lipinski definition) is 4. The number of halogens is 3. The Morgan fingerprint density at radius 2 is 1.94 bits per heavy atom. The molecular formula is C19H16F3N5O4. The van der Waals surface area contributed by atoms with Gasteiger partial charge < -0.3 is 25.7 Å². The molecule has 2 heterocycles. The molecule has 2 aromatic heterocycles. The molecule has 0 saturated heterocycles. The van der Waals surface area contributed by atoms with E-state index < -0.39 is 17.7 Å². The van der Waals surface area contributed by atoms with Crippen LogP contribution in [-0.2, 0) is 11.3 Å². The number of nitrogens with one attached hydrogen (secondary N) is 2. The Morgan fingerprint density at radius 1 is 1.29 bits per heavy atom. The van der Waals surface area contributed by atoms with Crippen LogP contribution in [0.15, 0.2) is 41.3 Å². The van der Waals surface area contributed by atoms with E-state index in [-0.39, 0.29) is 22.9 Å². The van der Waals surface area contributed by atoms with E-state index >= 15 is 0 Å². The lowest BCUT2D eigenvalue weighted by atomic mass is 10.1. The van der Waals surface area contributed by atoms with Crippen LogP contribution in [0.2, 0.25) is 0 Å². The van der Waals surface area contributed by atoms with Crippen LogP contribution >= 0.6 is 0 Å². The number of rotatable bonds is 3. The number of carboxylic acids is 1. The molecule has 0 unspecified atom stereocenters. The van der Waals surface area contributed by atoms with Gasteiger partial charge in [0.1, 0.15) is 17.5 Å². The molecule has 3 aromatic rings. The topological polar surface area (TPSA) is 156 Å². The second-order valence-electron chi connectivity index (χ2n) is 6.27. The van der Waals surface area contributed by atoms with Crippen molar-refractivity contribution in [2.45, 2.75) is 12.7 Å². The zero-order chi connectivity index (χ0) is 23.3. The highest BCUT2D eigenvalue weighted by Gasteiger charge is 2.38. The number of benzene rings is 1. The second-order valence-corrected chi connectivity index (χ2v) is 6.27. The minimum atomic E-state index is -5.08. The summed E-state index contributed by atoms with van der Waals surface area (Å²) in [6.45, 7) is 0.358. The van der Waals surface area contributed by atoms with E-state index in [4.69, 9.17) is 20.9 Å². The Morgan fingerprint density at radius 3 is 2.52 bits per heavy atom. The number of pyridine rings is 1. The second kappa shape index (κ2) is 9.04. The lowest BCUT2D eigenvalue weighted by Crippen LogP contribution is -2.29. The van der Waals surface area contributed by atoms with Crippen LogP contribution < -0.4 is 11.3 Å². The Balaban J connectivity index is 0.000000423. The number of nitrogen functional groups attached to an aromatic ring is 1. The van der Waals surface area contributed by atoms with Gasteiger partial charge in [0.2, 0.25) is 0 Å². The lowest BCUT2D eigenvalue weighted by molar-refractivity contribution is -0.192. The first-order valence-corrected chi connectivity index (χ1v) is 8.49. The van der Waals surface area contributed by atoms with Gasteiger partial charge in [0.15, 0.2) is 0 Å². The van der Waals surface area contributed by atoms with Crippen molar-refractivity contribution in [3.05, 3.63) is 63.6 Å². The minimum absolute atomic E-state index is 0.0473. The number of nitrogens with two attached hydrogens (primary N) is 1. The number of aliphatic carboxylic acids is 1. The number of hydrogen-bond acceptors (Lipinski definition) is 5. The highest BCUT2D eigenvalue weighted by atomic mass is 19.4. The normalized spacial score (nSPS) is 10.7. The molecule has 0 aliphatic carbocycles. The third-order valence-corrected chi connectivity index (χ3v) is 4.09. The van der Waals surface area contributed by atoms with E-state index in [1.54, 1.807) is 13.1 Å². The summed E-state index contributed by atoms with van der Waals surface area (Å²) in [4.78, 5) is 40.0. The molecule has 0 aliphatic heterocycles. The number of aromatic amines is 2. The average Bonchev–Trinajstić information content (AvgIpc) is 3.17. The smallest absolute Gasteiger partial charge is 0.475 e. The van der Waals surface area contributed by atoms with Gasteiger partial charge in [-0.15, -0.1) is 0 Å². The molecule has 5 N–H and O–H groups in total. The van der Waals surface area contributed by atoms with Crippen molar-refractivity contribution >= 4 is 28.6 Å². The summed E-state index contributed by atoms with van der Waals surface area (Å²) in [6, 6.07) is 10.8. The maximum absolute atomic E-state index is 12.6. The van der Waals surface area contributed by atoms with Gasteiger partial charge in [-0.05, 0) is 23.1 Å². The standard InChI is InChI=1S/C17H15N5O2.C2HF3O2/c1-22(9-11-4-2-3-10-5-6-20-14(10)11)17(24)13-7-12(8-18)16(23)21-15(13)19;3-2(4,5)1(6)7/h2-7,20H,9H2,1H3,(H3,19,21,23);(H,6,7). The van der Waals surface area contributed by atoms with Crippen LogP contribution in [0.5, 0.6) is 0 Å². The number of alkyl halides is 3. The first-order valence-electron chi connectivity index (χ1n) is 8.49. The Bertz CT molecular complexity index is 1220. The van der Waals surface area contributed by atoms with Crippen molar-refractivity contribution in [1.82, 2.24) is 14.9 Å². The maximum atomic E-state index is 12.6. The van der Waals surface area contributed by atoms with Gasteiger partial charge in [-0.2, -0.15) is 18.4 Å². The largest absolute Gasteiger partial charge is 0.490 e. The molecule has 0 bridgehead atoms. The maximum Gasteiger partial charge on any atom is 0.490 e. The van der Waals surface area contributed by atoms with E-state index in [1.807, 2.05) is 30.5 Å². The van der Waals surface area contributed by atoms with Gasteiger partial charge in [-0.3, -0.25) is 9.59 Å². The van der Waals surface area contributed by atoms with E-state index in [0.717, 1.165) is 16.5 Å². The molecule has 1 aromatic carbocycles. The zero-order valence-electron chi connectivity index (χ0n) is 15.9. The summed E-state index contributed by atoms with van der Waals surface area (Å²) in [7, 11) is 1.64. The molecule has 0 aliphatic rings. The van der Waals surface area contributed by atoms with E-state index in [0.29, 0.717) is 6.54 Å². The number of H-pyrrole nitrogens is 2. The summed E-state index contributed by atoms with van der Waals surface area (Å²) in [5.74, 6) is -3.18. The molecule has 0 radical (unpaired) electrons. The number of carboxylic acid groups (broad SMARTS) is 1. The molecular weight excluding hydrogens is 419 g/mol. The van der Waals surface area contributed by atoms with Gasteiger partial charge in [0, 0.05) is 19.8 Å². The number of anilines is 1. The lowest BCUT2D eigenvalue weighted by Gasteiger charge is -2.18. The Labute approximate surface area is 172 Å².